The summed E-state index contributed by atoms with van der Waals surface area (Å²) in [5, 5.41) is 0. The number of methoxy groups -OCH3 is 2. The topological polar surface area (TPSA) is 44.5 Å². The molecule has 0 heterocycles. The van der Waals surface area contributed by atoms with Crippen molar-refractivity contribution in [3.63, 3.8) is 0 Å². The van der Waals surface area contributed by atoms with Gasteiger partial charge < -0.3 is 15.2 Å². The zero-order valence-electron chi connectivity index (χ0n) is 12.1. The number of ether oxygens (including phenoxy) is 2. The van der Waals surface area contributed by atoms with Gasteiger partial charge >= 0.3 is 0 Å². The van der Waals surface area contributed by atoms with E-state index in [0.29, 0.717) is 22.6 Å². The summed E-state index contributed by atoms with van der Waals surface area (Å²) < 4.78 is 37.3. The lowest BCUT2D eigenvalue weighted by atomic mass is 9.85. The van der Waals surface area contributed by atoms with E-state index in [9.17, 15) is 8.78 Å². The molecule has 1 unspecified atom stereocenters. The summed E-state index contributed by atoms with van der Waals surface area (Å²) in [7, 11) is 3.04. The lowest BCUT2D eigenvalue weighted by molar-refractivity contribution is 0.383. The van der Waals surface area contributed by atoms with Crippen LogP contribution in [0.5, 0.6) is 11.5 Å². The van der Waals surface area contributed by atoms with Crippen LogP contribution in [0.4, 0.5) is 8.78 Å². The van der Waals surface area contributed by atoms with Gasteiger partial charge in [0, 0.05) is 17.7 Å². The normalized spacial score (nSPS) is 13.6. The maximum atomic E-state index is 13.4. The second kappa shape index (κ2) is 5.69. The van der Waals surface area contributed by atoms with Crippen molar-refractivity contribution in [3.8, 4) is 11.5 Å². The van der Waals surface area contributed by atoms with E-state index in [0.717, 1.165) is 6.07 Å². The standard InChI is InChI=1S/C16H17F2NO2/c1-16(19,10-6-11(17)8-12(18)7-10)14-5-4-13(20-2)9-15(14)21-3/h4-9H,19H2,1-3H3. The van der Waals surface area contributed by atoms with Crippen molar-refractivity contribution in [2.45, 2.75) is 12.5 Å². The molecule has 0 aliphatic carbocycles. The van der Waals surface area contributed by atoms with Gasteiger partial charge in [0.15, 0.2) is 0 Å². The Labute approximate surface area is 122 Å². The van der Waals surface area contributed by atoms with Crippen molar-refractivity contribution in [2.24, 2.45) is 5.73 Å². The van der Waals surface area contributed by atoms with E-state index in [-0.39, 0.29) is 0 Å². The highest BCUT2D eigenvalue weighted by atomic mass is 19.1. The molecule has 0 aliphatic heterocycles. The predicted octanol–water partition coefficient (Wildman–Crippen LogP) is 3.20. The van der Waals surface area contributed by atoms with Crippen molar-refractivity contribution in [2.75, 3.05) is 14.2 Å². The number of hydrogen-bond donors (Lipinski definition) is 1. The number of hydrogen-bond acceptors (Lipinski definition) is 3. The van der Waals surface area contributed by atoms with Crippen molar-refractivity contribution in [3.05, 3.63) is 59.2 Å². The van der Waals surface area contributed by atoms with E-state index in [1.54, 1.807) is 25.1 Å². The lowest BCUT2D eigenvalue weighted by Crippen LogP contribution is -2.35. The van der Waals surface area contributed by atoms with Crippen molar-refractivity contribution in [1.82, 2.24) is 0 Å². The molecule has 112 valence electrons. The Balaban J connectivity index is 2.57. The van der Waals surface area contributed by atoms with Gasteiger partial charge in [0.2, 0.25) is 0 Å². The Hall–Kier alpha value is -2.14. The van der Waals surface area contributed by atoms with E-state index in [1.807, 2.05) is 0 Å². The molecule has 0 radical (unpaired) electrons. The first-order valence-corrected chi connectivity index (χ1v) is 6.36. The highest BCUT2D eigenvalue weighted by Crippen LogP contribution is 2.36. The van der Waals surface area contributed by atoms with Crippen LogP contribution in [0, 0.1) is 11.6 Å². The summed E-state index contributed by atoms with van der Waals surface area (Å²) in [6, 6.07) is 8.36. The van der Waals surface area contributed by atoms with Gasteiger partial charge in [-0.1, -0.05) is 0 Å². The van der Waals surface area contributed by atoms with Gasteiger partial charge in [0.1, 0.15) is 23.1 Å². The van der Waals surface area contributed by atoms with E-state index in [1.165, 1.54) is 26.4 Å². The largest absolute Gasteiger partial charge is 0.497 e. The average Bonchev–Trinajstić information content (AvgIpc) is 2.45. The smallest absolute Gasteiger partial charge is 0.127 e. The fourth-order valence-electron chi connectivity index (χ4n) is 2.24. The monoisotopic (exact) mass is 293 g/mol. The quantitative estimate of drug-likeness (QED) is 0.941. The van der Waals surface area contributed by atoms with Gasteiger partial charge in [-0.15, -0.1) is 0 Å². The molecule has 2 aromatic rings. The Morgan fingerprint density at radius 3 is 2.10 bits per heavy atom. The minimum absolute atomic E-state index is 0.323. The van der Waals surface area contributed by atoms with E-state index < -0.39 is 17.2 Å². The first-order valence-electron chi connectivity index (χ1n) is 6.36. The first-order chi connectivity index (χ1) is 9.88. The summed E-state index contributed by atoms with van der Waals surface area (Å²) >= 11 is 0. The van der Waals surface area contributed by atoms with Gasteiger partial charge in [-0.25, -0.2) is 8.78 Å². The van der Waals surface area contributed by atoms with Crippen LogP contribution < -0.4 is 15.2 Å². The van der Waals surface area contributed by atoms with Gasteiger partial charge in [0.25, 0.3) is 0 Å². The fourth-order valence-corrected chi connectivity index (χ4v) is 2.24. The molecule has 0 saturated heterocycles. The van der Waals surface area contributed by atoms with Gasteiger partial charge in [0.05, 0.1) is 19.8 Å². The molecule has 2 aromatic carbocycles. The Kier molecular flexibility index (Phi) is 4.14. The van der Waals surface area contributed by atoms with Crippen LogP contribution >= 0.6 is 0 Å². The number of halogens is 2. The van der Waals surface area contributed by atoms with Crippen LogP contribution in [0.1, 0.15) is 18.1 Å². The molecule has 5 heteroatoms. The summed E-state index contributed by atoms with van der Waals surface area (Å²) in [4.78, 5) is 0. The molecule has 3 nitrogen and oxygen atoms in total. The molecular formula is C16H17F2NO2. The second-order valence-electron chi connectivity index (χ2n) is 4.93. The second-order valence-corrected chi connectivity index (χ2v) is 4.93. The molecule has 0 bridgehead atoms. The molecule has 0 fully saturated rings. The average molecular weight is 293 g/mol. The first kappa shape index (κ1) is 15.3. The molecule has 2 rings (SSSR count). The van der Waals surface area contributed by atoms with Crippen LogP contribution in [0.3, 0.4) is 0 Å². The highest BCUT2D eigenvalue weighted by Gasteiger charge is 2.28. The Morgan fingerprint density at radius 1 is 0.952 bits per heavy atom. The van der Waals surface area contributed by atoms with Crippen molar-refractivity contribution >= 4 is 0 Å². The Morgan fingerprint density at radius 2 is 1.57 bits per heavy atom. The van der Waals surface area contributed by atoms with E-state index in [4.69, 9.17) is 15.2 Å². The number of nitrogens with two attached hydrogens (primary N) is 1. The SMILES string of the molecule is COc1ccc(C(C)(N)c2cc(F)cc(F)c2)c(OC)c1. The molecule has 0 amide bonds. The van der Waals surface area contributed by atoms with Crippen molar-refractivity contribution in [1.29, 1.82) is 0 Å². The molecule has 0 aliphatic rings. The predicted molar refractivity (Wildman–Crippen MR) is 76.5 cm³/mol. The molecule has 0 aromatic heterocycles. The molecule has 1 atom stereocenters. The molecule has 0 saturated carbocycles. The van der Waals surface area contributed by atoms with Gasteiger partial charge in [-0.3, -0.25) is 0 Å². The third-order valence-electron chi connectivity index (χ3n) is 3.43. The summed E-state index contributed by atoms with van der Waals surface area (Å²) in [6.07, 6.45) is 0. The summed E-state index contributed by atoms with van der Waals surface area (Å²) in [5.74, 6) is -0.246. The number of benzene rings is 2. The van der Waals surface area contributed by atoms with Crippen LogP contribution in [-0.2, 0) is 5.54 Å². The maximum Gasteiger partial charge on any atom is 0.127 e. The summed E-state index contributed by atoms with van der Waals surface area (Å²) in [5.41, 5.74) is 6.13. The zero-order chi connectivity index (χ0) is 15.6. The van der Waals surface area contributed by atoms with E-state index in [2.05, 4.69) is 0 Å². The molecule has 21 heavy (non-hydrogen) atoms. The fraction of sp³-hybridized carbons (Fsp3) is 0.250. The molecule has 2 N–H and O–H groups in total. The van der Waals surface area contributed by atoms with Crippen molar-refractivity contribution < 1.29 is 18.3 Å². The lowest BCUT2D eigenvalue weighted by Gasteiger charge is -2.28. The minimum Gasteiger partial charge on any atom is -0.497 e. The molecular weight excluding hydrogens is 276 g/mol. The van der Waals surface area contributed by atoms with Gasteiger partial charge in [-0.2, -0.15) is 0 Å². The minimum atomic E-state index is -1.11. The van der Waals surface area contributed by atoms with Gasteiger partial charge in [-0.05, 0) is 36.8 Å². The highest BCUT2D eigenvalue weighted by molar-refractivity contribution is 5.49. The van der Waals surface area contributed by atoms with E-state index >= 15 is 0 Å². The molecule has 0 spiro atoms. The third kappa shape index (κ3) is 2.97. The third-order valence-corrected chi connectivity index (χ3v) is 3.43. The van der Waals surface area contributed by atoms with Crippen LogP contribution in [0.25, 0.3) is 0 Å². The van der Waals surface area contributed by atoms with Crippen LogP contribution in [0.2, 0.25) is 0 Å². The van der Waals surface area contributed by atoms with Crippen LogP contribution in [0.15, 0.2) is 36.4 Å². The Bertz CT molecular complexity index is 636. The zero-order valence-corrected chi connectivity index (χ0v) is 12.1. The maximum absolute atomic E-state index is 13.4. The van der Waals surface area contributed by atoms with Crippen LogP contribution in [-0.4, -0.2) is 14.2 Å². The number of rotatable bonds is 4. The summed E-state index contributed by atoms with van der Waals surface area (Å²) in [6.45, 7) is 1.67.